The number of amides is 1. The smallest absolute Gasteiger partial charge is 0.293 e. The number of rotatable bonds is 8. The van der Waals surface area contributed by atoms with Gasteiger partial charge in [0.1, 0.15) is 5.69 Å². The fraction of sp³-hybridized carbons (Fsp3) is 0.462. The van der Waals surface area contributed by atoms with Gasteiger partial charge in [0.2, 0.25) is 5.91 Å². The summed E-state index contributed by atoms with van der Waals surface area (Å²) in [6, 6.07) is 4.70. The molecule has 0 heterocycles. The Morgan fingerprint density at radius 3 is 2.67 bits per heavy atom. The molecule has 0 fully saturated rings. The lowest BCUT2D eigenvalue weighted by atomic mass is 10.1. The number of nitro groups is 1. The molecule has 21 heavy (non-hydrogen) atoms. The van der Waals surface area contributed by atoms with Crippen molar-refractivity contribution in [2.75, 3.05) is 25.1 Å². The number of nitrogen functional groups attached to an aromatic ring is 1. The number of nitrogens with two attached hydrogens (primary N) is 1. The Kier molecular flexibility index (Phi) is 6.57. The molecule has 0 unspecified atom stereocenters. The third kappa shape index (κ3) is 5.01. The lowest BCUT2D eigenvalue weighted by Crippen LogP contribution is -2.36. The van der Waals surface area contributed by atoms with Crippen molar-refractivity contribution < 1.29 is 9.72 Å². The molecule has 1 aromatic rings. The number of carbonyl (C=O) groups excluding carboxylic acids is 1. The first kappa shape index (κ1) is 16.9. The zero-order chi connectivity index (χ0) is 15.8. The van der Waals surface area contributed by atoms with E-state index in [4.69, 9.17) is 5.84 Å². The number of likely N-dealkylation sites (N-methyl/N-ethyl adjacent to an activating group) is 2. The highest BCUT2D eigenvalue weighted by Crippen LogP contribution is 2.25. The second kappa shape index (κ2) is 8.18. The molecule has 0 bridgehead atoms. The fourth-order valence-electron chi connectivity index (χ4n) is 1.95. The molecule has 4 N–H and O–H groups in total. The summed E-state index contributed by atoms with van der Waals surface area (Å²) in [5.74, 6) is 5.27. The SMILES string of the molecule is CCNC(=O)CN(CC)Cc1ccc([N+](=O)[O-])c(NN)c1. The largest absolute Gasteiger partial charge is 0.355 e. The van der Waals surface area contributed by atoms with Crippen LogP contribution in [0.4, 0.5) is 11.4 Å². The van der Waals surface area contributed by atoms with E-state index in [0.29, 0.717) is 19.6 Å². The molecule has 0 radical (unpaired) electrons. The van der Waals surface area contributed by atoms with Gasteiger partial charge in [-0.05, 0) is 25.1 Å². The molecule has 0 aliphatic rings. The van der Waals surface area contributed by atoms with Crippen LogP contribution in [0.5, 0.6) is 0 Å². The second-order valence-electron chi connectivity index (χ2n) is 4.51. The zero-order valence-corrected chi connectivity index (χ0v) is 12.3. The van der Waals surface area contributed by atoms with Gasteiger partial charge in [0, 0.05) is 19.2 Å². The number of carbonyl (C=O) groups is 1. The highest BCUT2D eigenvalue weighted by molar-refractivity contribution is 5.77. The van der Waals surface area contributed by atoms with E-state index in [2.05, 4.69) is 10.7 Å². The molecule has 0 aliphatic heterocycles. The third-order valence-electron chi connectivity index (χ3n) is 3.01. The van der Waals surface area contributed by atoms with Crippen molar-refractivity contribution in [3.05, 3.63) is 33.9 Å². The molecule has 0 aromatic heterocycles. The summed E-state index contributed by atoms with van der Waals surface area (Å²) in [6.07, 6.45) is 0. The molecular weight excluding hydrogens is 274 g/mol. The standard InChI is InChI=1S/C13H21N5O3/c1-3-15-13(19)9-17(4-2)8-10-5-6-12(18(20)21)11(7-10)16-14/h5-7,16H,3-4,8-9,14H2,1-2H3,(H,15,19). The van der Waals surface area contributed by atoms with Crippen molar-refractivity contribution in [2.24, 2.45) is 5.84 Å². The number of hydrogen-bond donors (Lipinski definition) is 3. The Morgan fingerprint density at radius 2 is 2.14 bits per heavy atom. The second-order valence-corrected chi connectivity index (χ2v) is 4.51. The quantitative estimate of drug-likeness (QED) is 0.372. The first-order valence-corrected chi connectivity index (χ1v) is 6.74. The van der Waals surface area contributed by atoms with Gasteiger partial charge >= 0.3 is 0 Å². The van der Waals surface area contributed by atoms with Crippen LogP contribution in [0.25, 0.3) is 0 Å². The molecule has 0 aliphatic carbocycles. The maximum Gasteiger partial charge on any atom is 0.293 e. The minimum atomic E-state index is -0.495. The monoisotopic (exact) mass is 295 g/mol. The number of benzene rings is 1. The first-order valence-electron chi connectivity index (χ1n) is 6.74. The molecule has 1 amide bonds. The highest BCUT2D eigenvalue weighted by atomic mass is 16.6. The van der Waals surface area contributed by atoms with Crippen LogP contribution in [0.15, 0.2) is 18.2 Å². The van der Waals surface area contributed by atoms with Crippen LogP contribution in [0.1, 0.15) is 19.4 Å². The topological polar surface area (TPSA) is 114 Å². The summed E-state index contributed by atoms with van der Waals surface area (Å²) in [6.45, 7) is 5.90. The summed E-state index contributed by atoms with van der Waals surface area (Å²) >= 11 is 0. The average Bonchev–Trinajstić information content (AvgIpc) is 2.46. The predicted octanol–water partition coefficient (Wildman–Crippen LogP) is 0.838. The Bertz CT molecular complexity index is 507. The summed E-state index contributed by atoms with van der Waals surface area (Å²) in [4.78, 5) is 23.9. The van der Waals surface area contributed by atoms with Gasteiger partial charge in [0.15, 0.2) is 0 Å². The van der Waals surface area contributed by atoms with Crippen molar-refractivity contribution in [3.63, 3.8) is 0 Å². The van der Waals surface area contributed by atoms with Gasteiger partial charge in [-0.3, -0.25) is 25.7 Å². The van der Waals surface area contributed by atoms with E-state index in [0.717, 1.165) is 5.56 Å². The zero-order valence-electron chi connectivity index (χ0n) is 12.3. The van der Waals surface area contributed by atoms with Crippen molar-refractivity contribution in [3.8, 4) is 0 Å². The number of anilines is 1. The lowest BCUT2D eigenvalue weighted by Gasteiger charge is -2.20. The summed E-state index contributed by atoms with van der Waals surface area (Å²) in [5, 5.41) is 13.6. The Labute approximate surface area is 123 Å². The fourth-order valence-corrected chi connectivity index (χ4v) is 1.95. The predicted molar refractivity (Wildman–Crippen MR) is 80.5 cm³/mol. The van der Waals surface area contributed by atoms with Crippen LogP contribution in [0, 0.1) is 10.1 Å². The average molecular weight is 295 g/mol. The molecule has 1 aromatic carbocycles. The van der Waals surface area contributed by atoms with E-state index in [9.17, 15) is 14.9 Å². The minimum Gasteiger partial charge on any atom is -0.355 e. The van der Waals surface area contributed by atoms with Crippen LogP contribution >= 0.6 is 0 Å². The van der Waals surface area contributed by atoms with Crippen LogP contribution in [0.3, 0.4) is 0 Å². The van der Waals surface area contributed by atoms with Crippen LogP contribution in [0.2, 0.25) is 0 Å². The van der Waals surface area contributed by atoms with Crippen molar-refractivity contribution in [2.45, 2.75) is 20.4 Å². The molecule has 0 atom stereocenters. The van der Waals surface area contributed by atoms with Gasteiger partial charge < -0.3 is 10.7 Å². The molecule has 116 valence electrons. The summed E-state index contributed by atoms with van der Waals surface area (Å²) < 4.78 is 0. The first-order chi connectivity index (χ1) is 10.0. The Hall–Kier alpha value is -2.19. The maximum atomic E-state index is 11.6. The van der Waals surface area contributed by atoms with Crippen molar-refractivity contribution in [1.29, 1.82) is 0 Å². The van der Waals surface area contributed by atoms with Gasteiger partial charge in [-0.2, -0.15) is 0 Å². The number of hydrogen-bond acceptors (Lipinski definition) is 6. The van der Waals surface area contributed by atoms with Gasteiger partial charge in [0.25, 0.3) is 5.69 Å². The van der Waals surface area contributed by atoms with Gasteiger partial charge in [0.05, 0.1) is 11.5 Å². The summed E-state index contributed by atoms with van der Waals surface area (Å²) in [5.41, 5.74) is 3.36. The number of nitrogens with zero attached hydrogens (tertiary/aromatic N) is 2. The van der Waals surface area contributed by atoms with E-state index in [-0.39, 0.29) is 23.8 Å². The van der Waals surface area contributed by atoms with E-state index < -0.39 is 4.92 Å². The molecule has 0 saturated carbocycles. The van der Waals surface area contributed by atoms with E-state index in [1.807, 2.05) is 18.7 Å². The Balaban J connectivity index is 2.80. The lowest BCUT2D eigenvalue weighted by molar-refractivity contribution is -0.384. The van der Waals surface area contributed by atoms with Crippen molar-refractivity contribution >= 4 is 17.3 Å². The maximum absolute atomic E-state index is 11.6. The van der Waals surface area contributed by atoms with E-state index in [1.165, 1.54) is 6.07 Å². The summed E-state index contributed by atoms with van der Waals surface area (Å²) in [7, 11) is 0. The Morgan fingerprint density at radius 1 is 1.43 bits per heavy atom. The van der Waals surface area contributed by atoms with Crippen LogP contribution in [-0.2, 0) is 11.3 Å². The minimum absolute atomic E-state index is 0.0431. The van der Waals surface area contributed by atoms with E-state index >= 15 is 0 Å². The van der Waals surface area contributed by atoms with Gasteiger partial charge in [-0.25, -0.2) is 0 Å². The highest BCUT2D eigenvalue weighted by Gasteiger charge is 2.15. The molecule has 0 spiro atoms. The third-order valence-corrected chi connectivity index (χ3v) is 3.01. The molecule has 0 saturated heterocycles. The normalized spacial score (nSPS) is 10.5. The molecule has 8 heteroatoms. The van der Waals surface area contributed by atoms with Gasteiger partial charge in [-0.15, -0.1) is 0 Å². The molecular formula is C13H21N5O3. The molecule has 1 rings (SSSR count). The molecule has 8 nitrogen and oxygen atoms in total. The van der Waals surface area contributed by atoms with Crippen molar-refractivity contribution in [1.82, 2.24) is 10.2 Å². The number of hydrazine groups is 1. The van der Waals surface area contributed by atoms with Gasteiger partial charge in [-0.1, -0.05) is 13.0 Å². The number of nitrogens with one attached hydrogen (secondary N) is 2. The van der Waals surface area contributed by atoms with E-state index in [1.54, 1.807) is 12.1 Å². The van der Waals surface area contributed by atoms with Crippen LogP contribution < -0.4 is 16.6 Å². The van der Waals surface area contributed by atoms with Crippen LogP contribution in [-0.4, -0.2) is 35.4 Å². The number of nitro benzene ring substituents is 1.